The molecule has 10 N–H and O–H groups in total. The van der Waals surface area contributed by atoms with Gasteiger partial charge in [0.1, 0.15) is 48.3 Å². The van der Waals surface area contributed by atoms with Crippen molar-refractivity contribution in [1.82, 2.24) is 34.1 Å². The Morgan fingerprint density at radius 2 is 1.64 bits per heavy atom. The molecule has 0 amide bonds. The monoisotopic (exact) mass is 658 g/mol. The fraction of sp³-hybridized carbons (Fsp3) is 0.476. The number of hydrogen-bond donors (Lipinski definition) is 8. The van der Waals surface area contributed by atoms with Crippen LogP contribution in [0.5, 0.6) is 0 Å². The summed E-state index contributed by atoms with van der Waals surface area (Å²) in [6, 6.07) is 1.53. The summed E-state index contributed by atoms with van der Waals surface area (Å²) in [5.74, 6) is -0.302. The highest BCUT2D eigenvalue weighted by molar-refractivity contribution is 7.53. The zero-order chi connectivity index (χ0) is 31.5. The maximum Gasteiger partial charge on any atom is 0.694 e. The lowest BCUT2D eigenvalue weighted by Gasteiger charge is -2.27. The van der Waals surface area contributed by atoms with Crippen molar-refractivity contribution >= 4 is 49.8 Å². The number of aliphatic hydroxyl groups excluding tert-OH is 3. The van der Waals surface area contributed by atoms with Gasteiger partial charge in [-0.15, -0.1) is 9.42 Å². The first-order valence-electron chi connectivity index (χ1n) is 12.8. The smallest absolute Gasteiger partial charge is 0.397 e. The van der Waals surface area contributed by atoms with Gasteiger partial charge < -0.3 is 45.7 Å². The number of H-pyrrole nitrogens is 1. The number of imidazole rings is 2. The number of nitrogens with one attached hydrogen (secondary N) is 1. The highest BCUT2D eigenvalue weighted by Gasteiger charge is 2.56. The molecule has 0 radical (unpaired) electrons. The van der Waals surface area contributed by atoms with E-state index in [1.54, 1.807) is 0 Å². The Bertz CT molecular complexity index is 1830. The summed E-state index contributed by atoms with van der Waals surface area (Å²) in [4.78, 5) is 51.0. The molecule has 23 heteroatoms. The molecule has 21 nitrogen and oxygen atoms in total. The molecule has 0 aromatic carbocycles. The molecule has 2 fully saturated rings. The maximum atomic E-state index is 13.7. The lowest BCUT2D eigenvalue weighted by Crippen LogP contribution is -2.36. The van der Waals surface area contributed by atoms with Crippen LogP contribution in [0.4, 0.5) is 11.6 Å². The van der Waals surface area contributed by atoms with Crippen molar-refractivity contribution in [3.8, 4) is 0 Å². The van der Waals surface area contributed by atoms with E-state index >= 15 is 0 Å². The third-order valence-corrected chi connectivity index (χ3v) is 9.52. The van der Waals surface area contributed by atoms with Gasteiger partial charge >= 0.3 is 15.9 Å². The van der Waals surface area contributed by atoms with Gasteiger partial charge in [-0.05, 0) is 6.07 Å². The summed E-state index contributed by atoms with van der Waals surface area (Å²) in [5, 5.41) is 32.4. The number of nitrogen functional groups attached to an aromatic ring is 2. The molecule has 2 aliphatic rings. The van der Waals surface area contributed by atoms with Crippen LogP contribution in [0, 0.1) is 0 Å². The molecular weight excluding hydrogens is 632 g/mol. The molecule has 0 spiro atoms. The van der Waals surface area contributed by atoms with Gasteiger partial charge in [0, 0.05) is 10.8 Å². The Kier molecular flexibility index (Phi) is 7.97. The third kappa shape index (κ3) is 5.27. The van der Waals surface area contributed by atoms with Gasteiger partial charge in [0.25, 0.3) is 5.56 Å². The molecule has 6 rings (SSSR count). The average Bonchev–Trinajstić information content (AvgIpc) is 3.72. The summed E-state index contributed by atoms with van der Waals surface area (Å²) >= 11 is 0. The second-order valence-corrected chi connectivity index (χ2v) is 12.7. The molecule has 2 aliphatic heterocycles. The van der Waals surface area contributed by atoms with Gasteiger partial charge in [-0.25, -0.2) is 15.0 Å². The first kappa shape index (κ1) is 30.6. The lowest BCUT2D eigenvalue weighted by molar-refractivity contribution is -0.0494. The molecule has 0 saturated carbocycles. The van der Waals surface area contributed by atoms with Crippen molar-refractivity contribution in [2.24, 2.45) is 0 Å². The minimum Gasteiger partial charge on any atom is -0.397 e. The van der Waals surface area contributed by atoms with Gasteiger partial charge in [0.15, 0.2) is 29.3 Å². The molecule has 0 aliphatic carbocycles. The predicted molar refractivity (Wildman–Crippen MR) is 146 cm³/mol. The lowest BCUT2D eigenvalue weighted by atomic mass is 10.1. The first-order valence-corrected chi connectivity index (χ1v) is 15.6. The number of fused-ring (bicyclic) bond motifs is 2. The van der Waals surface area contributed by atoms with Crippen LogP contribution in [-0.4, -0.2) is 109 Å². The van der Waals surface area contributed by atoms with E-state index in [0.29, 0.717) is 11.2 Å². The van der Waals surface area contributed by atoms with Gasteiger partial charge in [0.05, 0.1) is 24.9 Å². The topological polar surface area (TPSA) is 319 Å². The van der Waals surface area contributed by atoms with Crippen molar-refractivity contribution in [1.29, 1.82) is 0 Å². The Hall–Kier alpha value is -3.46. The summed E-state index contributed by atoms with van der Waals surface area (Å²) in [6.45, 7) is -1.42. The van der Waals surface area contributed by atoms with Gasteiger partial charge in [0.2, 0.25) is 5.95 Å². The molecule has 4 aromatic rings. The van der Waals surface area contributed by atoms with Gasteiger partial charge in [-0.2, -0.15) is 4.98 Å². The second kappa shape index (κ2) is 11.5. The summed E-state index contributed by atoms with van der Waals surface area (Å²) in [7, 11) is -8.10. The quantitative estimate of drug-likeness (QED) is 0.0888. The van der Waals surface area contributed by atoms with Crippen LogP contribution in [0.3, 0.4) is 0 Å². The Morgan fingerprint density at radius 3 is 2.36 bits per heavy atom. The number of nitrogens with two attached hydrogens (primary N) is 2. The first-order chi connectivity index (χ1) is 20.9. The zero-order valence-electron chi connectivity index (χ0n) is 22.2. The van der Waals surface area contributed by atoms with E-state index in [1.165, 1.54) is 23.2 Å². The number of aromatic nitrogens is 7. The van der Waals surface area contributed by atoms with E-state index in [0.717, 1.165) is 10.9 Å². The van der Waals surface area contributed by atoms with E-state index in [9.17, 15) is 34.1 Å². The Balaban J connectivity index is 1.26. The normalized spacial score (nSPS) is 30.7. The molecular formula is C21H26N9O12P2+. The second-order valence-electron chi connectivity index (χ2n) is 9.99. The fourth-order valence-corrected chi connectivity index (χ4v) is 7.14. The SMILES string of the molecule is Nc1nc2c(ncn2[C@@H]2O[C@H](CO[P+](=O)O)[C@@H](O)[C@H]2P(=O)(O)OC[C@H]2O[C@@H](n3cnc4c(N)ccnc43)[C@H](O)[C@@H]2O)c(=O)[nH]1. The molecule has 2 saturated heterocycles. The number of nitrogens with zero attached hydrogens (tertiary/aromatic N) is 6. The summed E-state index contributed by atoms with van der Waals surface area (Å²) in [5.41, 5.74) is 9.58. The number of rotatable bonds is 9. The van der Waals surface area contributed by atoms with E-state index < -0.39 is 83.3 Å². The van der Waals surface area contributed by atoms with Crippen molar-refractivity contribution < 1.29 is 52.8 Å². The highest BCUT2D eigenvalue weighted by Crippen LogP contribution is 2.57. The predicted octanol–water partition coefficient (Wildman–Crippen LogP) is -2.16. The highest BCUT2D eigenvalue weighted by atomic mass is 31.2. The molecule has 2 unspecified atom stereocenters. The van der Waals surface area contributed by atoms with E-state index in [2.05, 4.69) is 29.4 Å². The maximum absolute atomic E-state index is 13.7. The van der Waals surface area contributed by atoms with Crippen LogP contribution in [0.25, 0.3) is 22.3 Å². The molecule has 10 atom stereocenters. The Labute approximate surface area is 245 Å². The number of aliphatic hydroxyl groups is 3. The van der Waals surface area contributed by atoms with E-state index in [1.807, 2.05) is 0 Å². The summed E-state index contributed by atoms with van der Waals surface area (Å²) in [6.07, 6.45) is -6.76. The third-order valence-electron chi connectivity index (χ3n) is 7.32. The molecule has 44 heavy (non-hydrogen) atoms. The number of ether oxygens (including phenoxy) is 2. The van der Waals surface area contributed by atoms with E-state index in [4.69, 9.17) is 30.4 Å². The van der Waals surface area contributed by atoms with Crippen LogP contribution >= 0.6 is 15.9 Å². The van der Waals surface area contributed by atoms with Gasteiger partial charge in [-0.1, -0.05) is 0 Å². The number of hydrogen-bond acceptors (Lipinski definition) is 16. The van der Waals surface area contributed by atoms with Crippen LogP contribution < -0.4 is 17.0 Å². The minimum atomic E-state index is -4.98. The number of aromatic amines is 1. The molecule has 4 aromatic heterocycles. The molecule has 6 heterocycles. The Morgan fingerprint density at radius 1 is 0.977 bits per heavy atom. The van der Waals surface area contributed by atoms with Crippen molar-refractivity contribution in [3.63, 3.8) is 0 Å². The number of anilines is 2. The summed E-state index contributed by atoms with van der Waals surface area (Å²) < 4.78 is 48.7. The fourth-order valence-electron chi connectivity index (χ4n) is 5.22. The molecule has 236 valence electrons. The van der Waals surface area contributed by atoms with Crippen LogP contribution in [0.1, 0.15) is 12.5 Å². The average molecular weight is 658 g/mol. The van der Waals surface area contributed by atoms with Crippen molar-refractivity contribution in [2.75, 3.05) is 24.7 Å². The van der Waals surface area contributed by atoms with Crippen LogP contribution in [-0.2, 0) is 27.7 Å². The minimum absolute atomic E-state index is 0.162. The number of pyridine rings is 1. The van der Waals surface area contributed by atoms with Crippen LogP contribution in [0.15, 0.2) is 29.7 Å². The largest absolute Gasteiger partial charge is 0.694 e. The molecule has 0 bridgehead atoms. The standard InChI is InChI=1S/C21H25N9O12P2/c22-7-1-2-24-16-10(7)25-5-29(16)19-14(33)12(31)9(41-19)4-40-44(37,38)15-13(32)8(3-39-43(35)36)42-20(15)30-6-26-11-17(30)27-21(23)28-18(11)34/h1-2,5-6,8-9,12-15,19-20,31-33H,3-4H2,(H6-,22,23,24,27,28,34,35,36,37,38)/p+1/t8-,9-,12-,13-,14-,15-,19-,20-/m1/s1. The van der Waals surface area contributed by atoms with Gasteiger partial charge in [-0.3, -0.25) is 23.5 Å². The zero-order valence-corrected chi connectivity index (χ0v) is 24.0. The van der Waals surface area contributed by atoms with Crippen molar-refractivity contribution in [3.05, 3.63) is 35.3 Å². The van der Waals surface area contributed by atoms with Crippen LogP contribution in [0.2, 0.25) is 0 Å². The van der Waals surface area contributed by atoms with E-state index in [-0.39, 0.29) is 22.8 Å². The van der Waals surface area contributed by atoms with Crippen molar-refractivity contribution in [2.45, 2.75) is 48.6 Å².